The van der Waals surface area contributed by atoms with Gasteiger partial charge in [0.2, 0.25) is 0 Å². The summed E-state index contributed by atoms with van der Waals surface area (Å²) in [5.74, 6) is 0.410. The van der Waals surface area contributed by atoms with E-state index >= 15 is 0 Å². The summed E-state index contributed by atoms with van der Waals surface area (Å²) in [6, 6.07) is 5.24. The van der Waals surface area contributed by atoms with Crippen LogP contribution in [0.1, 0.15) is 33.1 Å². The summed E-state index contributed by atoms with van der Waals surface area (Å²) in [4.78, 5) is 14.9. The largest absolute Gasteiger partial charge is 0.479 e. The van der Waals surface area contributed by atoms with Gasteiger partial charge in [0.25, 0.3) is 5.91 Å². The van der Waals surface area contributed by atoms with Gasteiger partial charge in [0.15, 0.2) is 6.10 Å². The molecule has 1 amide bonds. The summed E-state index contributed by atoms with van der Waals surface area (Å²) in [5, 5.41) is 4.07. The summed E-state index contributed by atoms with van der Waals surface area (Å²) in [6.45, 7) is 7.21. The van der Waals surface area contributed by atoms with Crippen LogP contribution in [0.25, 0.3) is 0 Å². The smallest absolute Gasteiger partial charge is 0.261 e. The molecule has 0 bridgehead atoms. The Morgan fingerprint density at radius 3 is 2.61 bits per heavy atom. The van der Waals surface area contributed by atoms with Gasteiger partial charge in [0.05, 0.1) is 5.02 Å². The first-order valence-electron chi connectivity index (χ1n) is 8.17. The molecule has 0 spiro atoms. The lowest BCUT2D eigenvalue weighted by atomic mass is 10.0. The maximum atomic E-state index is 12.5. The van der Waals surface area contributed by atoms with Gasteiger partial charge in [-0.15, -0.1) is 0 Å². The molecule has 1 atom stereocenters. The Kier molecular flexibility index (Phi) is 7.00. The van der Waals surface area contributed by atoms with E-state index in [0.717, 1.165) is 32.5 Å². The van der Waals surface area contributed by atoms with Crippen LogP contribution in [0.4, 0.5) is 0 Å². The molecular weight excluding hydrogens is 335 g/mol. The van der Waals surface area contributed by atoms with Crippen LogP contribution in [0.2, 0.25) is 10.0 Å². The molecule has 4 nitrogen and oxygen atoms in total. The molecule has 1 aromatic carbocycles. The maximum Gasteiger partial charge on any atom is 0.261 e. The van der Waals surface area contributed by atoms with Crippen LogP contribution >= 0.6 is 23.2 Å². The molecule has 6 heteroatoms. The number of nitrogens with one attached hydrogen (secondary N) is 1. The summed E-state index contributed by atoms with van der Waals surface area (Å²) in [7, 11) is 0. The monoisotopic (exact) mass is 358 g/mol. The number of hydrogen-bond donors (Lipinski definition) is 1. The second kappa shape index (κ2) is 8.76. The molecule has 0 unspecified atom stereocenters. The zero-order valence-corrected chi connectivity index (χ0v) is 15.2. The number of halogens is 2. The first-order chi connectivity index (χ1) is 11.0. The van der Waals surface area contributed by atoms with Crippen LogP contribution in [-0.4, -0.2) is 42.6 Å². The number of ether oxygens (including phenoxy) is 1. The molecule has 1 fully saturated rings. The lowest BCUT2D eigenvalue weighted by Gasteiger charge is -2.32. The zero-order valence-electron chi connectivity index (χ0n) is 13.6. The van der Waals surface area contributed by atoms with E-state index in [2.05, 4.69) is 17.1 Å². The van der Waals surface area contributed by atoms with Gasteiger partial charge in [0, 0.05) is 24.2 Å². The van der Waals surface area contributed by atoms with Crippen molar-refractivity contribution < 1.29 is 9.53 Å². The van der Waals surface area contributed by atoms with Crippen molar-refractivity contribution in [2.24, 2.45) is 0 Å². The lowest BCUT2D eigenvalue weighted by molar-refractivity contribution is -0.129. The Labute approximate surface area is 148 Å². The van der Waals surface area contributed by atoms with Crippen molar-refractivity contribution in [1.82, 2.24) is 10.2 Å². The van der Waals surface area contributed by atoms with Crippen LogP contribution in [0.5, 0.6) is 5.75 Å². The van der Waals surface area contributed by atoms with E-state index in [9.17, 15) is 4.79 Å². The molecule has 1 aliphatic heterocycles. The molecule has 0 saturated carbocycles. The maximum absolute atomic E-state index is 12.5. The minimum atomic E-state index is -0.544. The van der Waals surface area contributed by atoms with E-state index in [1.54, 1.807) is 18.2 Å². The number of carbonyl (C=O) groups is 1. The Balaban J connectivity index is 1.91. The Morgan fingerprint density at radius 1 is 1.35 bits per heavy atom. The minimum Gasteiger partial charge on any atom is -0.479 e. The summed E-state index contributed by atoms with van der Waals surface area (Å²) >= 11 is 12.0. The molecule has 0 aliphatic carbocycles. The number of rotatable bonds is 6. The van der Waals surface area contributed by atoms with Gasteiger partial charge >= 0.3 is 0 Å². The normalized spacial score (nSPS) is 17.7. The fourth-order valence-corrected chi connectivity index (χ4v) is 3.19. The highest BCUT2D eigenvalue weighted by molar-refractivity contribution is 6.35. The van der Waals surface area contributed by atoms with E-state index in [0.29, 0.717) is 22.2 Å². The van der Waals surface area contributed by atoms with Gasteiger partial charge < -0.3 is 15.0 Å². The van der Waals surface area contributed by atoms with E-state index in [-0.39, 0.29) is 11.9 Å². The van der Waals surface area contributed by atoms with Crippen LogP contribution in [0, 0.1) is 0 Å². The van der Waals surface area contributed by atoms with Crippen molar-refractivity contribution in [3.8, 4) is 5.75 Å². The molecule has 23 heavy (non-hydrogen) atoms. The Morgan fingerprint density at radius 2 is 2.04 bits per heavy atom. The first kappa shape index (κ1) is 18.4. The minimum absolute atomic E-state index is 0.0755. The number of carbonyl (C=O) groups excluding carboxylic acids is 1. The van der Waals surface area contributed by atoms with Crippen molar-refractivity contribution in [3.63, 3.8) is 0 Å². The first-order valence-corrected chi connectivity index (χ1v) is 8.93. The van der Waals surface area contributed by atoms with Gasteiger partial charge in [-0.25, -0.2) is 0 Å². The van der Waals surface area contributed by atoms with Crippen LogP contribution < -0.4 is 10.1 Å². The fourth-order valence-electron chi connectivity index (χ4n) is 2.73. The van der Waals surface area contributed by atoms with Crippen molar-refractivity contribution in [2.45, 2.75) is 45.3 Å². The molecule has 1 aliphatic rings. The highest BCUT2D eigenvalue weighted by atomic mass is 35.5. The molecule has 0 aromatic heterocycles. The molecule has 128 valence electrons. The topological polar surface area (TPSA) is 41.6 Å². The van der Waals surface area contributed by atoms with Crippen LogP contribution in [0.3, 0.4) is 0 Å². The van der Waals surface area contributed by atoms with E-state index in [4.69, 9.17) is 27.9 Å². The summed E-state index contributed by atoms with van der Waals surface area (Å²) in [6.07, 6.45) is 2.01. The number of amides is 1. The Hall–Kier alpha value is -0.970. The van der Waals surface area contributed by atoms with E-state index in [1.165, 1.54) is 0 Å². The average Bonchev–Trinajstić information content (AvgIpc) is 2.54. The predicted octanol–water partition coefficient (Wildman–Crippen LogP) is 3.75. The Bertz CT molecular complexity index is 531. The molecule has 1 saturated heterocycles. The van der Waals surface area contributed by atoms with E-state index < -0.39 is 6.10 Å². The van der Waals surface area contributed by atoms with Crippen molar-refractivity contribution in [3.05, 3.63) is 28.2 Å². The molecule has 1 N–H and O–H groups in total. The average molecular weight is 359 g/mol. The standard InChI is InChI=1S/C17H24Cl2N2O2/c1-3-15(23-16-6-5-12(18)11-14(16)19)17(22)20-13-7-9-21(4-2)10-8-13/h5-6,11,13,15H,3-4,7-10H2,1-2H3,(H,20,22)/t15-/m0/s1. The molecule has 1 heterocycles. The number of nitrogens with zero attached hydrogens (tertiary/aromatic N) is 1. The van der Waals surface area contributed by atoms with Crippen LogP contribution in [-0.2, 0) is 4.79 Å². The molecule has 2 rings (SSSR count). The van der Waals surface area contributed by atoms with Crippen LogP contribution in [0.15, 0.2) is 18.2 Å². The van der Waals surface area contributed by atoms with E-state index in [1.807, 2.05) is 6.92 Å². The van der Waals surface area contributed by atoms with Crippen molar-refractivity contribution in [1.29, 1.82) is 0 Å². The van der Waals surface area contributed by atoms with Gasteiger partial charge in [-0.1, -0.05) is 37.0 Å². The third-order valence-corrected chi connectivity index (χ3v) is 4.74. The highest BCUT2D eigenvalue weighted by Gasteiger charge is 2.25. The molecular formula is C17H24Cl2N2O2. The number of benzene rings is 1. The van der Waals surface area contributed by atoms with Gasteiger partial charge in [0.1, 0.15) is 5.75 Å². The molecule has 0 radical (unpaired) electrons. The van der Waals surface area contributed by atoms with Gasteiger partial charge in [-0.3, -0.25) is 4.79 Å². The number of hydrogen-bond acceptors (Lipinski definition) is 3. The number of piperidine rings is 1. The van der Waals surface area contributed by atoms with Crippen molar-refractivity contribution in [2.75, 3.05) is 19.6 Å². The van der Waals surface area contributed by atoms with Gasteiger partial charge in [-0.2, -0.15) is 0 Å². The lowest BCUT2D eigenvalue weighted by Crippen LogP contribution is -2.48. The third-order valence-electron chi connectivity index (χ3n) is 4.21. The summed E-state index contributed by atoms with van der Waals surface area (Å²) in [5.41, 5.74) is 0. The number of likely N-dealkylation sites (tertiary alicyclic amines) is 1. The highest BCUT2D eigenvalue weighted by Crippen LogP contribution is 2.28. The van der Waals surface area contributed by atoms with Gasteiger partial charge in [-0.05, 0) is 44.0 Å². The quantitative estimate of drug-likeness (QED) is 0.841. The zero-order chi connectivity index (χ0) is 16.8. The SMILES string of the molecule is CC[C@H](Oc1ccc(Cl)cc1Cl)C(=O)NC1CCN(CC)CC1. The second-order valence-electron chi connectivity index (χ2n) is 5.81. The predicted molar refractivity (Wildman–Crippen MR) is 94.4 cm³/mol. The molecule has 1 aromatic rings. The van der Waals surface area contributed by atoms with Crippen molar-refractivity contribution >= 4 is 29.1 Å². The third kappa shape index (κ3) is 5.27. The summed E-state index contributed by atoms with van der Waals surface area (Å²) < 4.78 is 5.78. The second-order valence-corrected chi connectivity index (χ2v) is 6.65. The fraction of sp³-hybridized carbons (Fsp3) is 0.588.